The van der Waals surface area contributed by atoms with Gasteiger partial charge in [-0.2, -0.15) is 0 Å². The van der Waals surface area contributed by atoms with Crippen LogP contribution in [0.2, 0.25) is 0 Å². The zero-order valence-electron chi connectivity index (χ0n) is 11.1. The molecule has 0 radical (unpaired) electrons. The van der Waals surface area contributed by atoms with Crippen molar-refractivity contribution in [2.45, 2.75) is 44.6 Å². The minimum Gasteiger partial charge on any atom is -0.428 e. The van der Waals surface area contributed by atoms with Gasteiger partial charge in [0.15, 0.2) is 0 Å². The fraction of sp³-hybridized carbons (Fsp3) is 0.533. The molecule has 1 aromatic rings. The molecule has 0 bridgehead atoms. The highest BCUT2D eigenvalue weighted by atomic mass is 16.7. The first-order valence-electron chi connectivity index (χ1n) is 6.98. The van der Waals surface area contributed by atoms with Crippen LogP contribution in [-0.2, 0) is 9.47 Å². The molecule has 102 valence electrons. The average Bonchev–Trinajstić information content (AvgIpc) is 2.98. The lowest BCUT2D eigenvalue weighted by molar-refractivity contribution is -0.140. The van der Waals surface area contributed by atoms with Crippen LogP contribution in [0.15, 0.2) is 24.3 Å². The predicted molar refractivity (Wildman–Crippen MR) is 70.8 cm³/mol. The van der Waals surface area contributed by atoms with Crippen LogP contribution in [0.3, 0.4) is 0 Å². The molecular formula is C15H19NO3. The lowest BCUT2D eigenvalue weighted by Crippen LogP contribution is -2.37. The van der Waals surface area contributed by atoms with Crippen molar-refractivity contribution < 1.29 is 14.3 Å². The van der Waals surface area contributed by atoms with E-state index in [9.17, 15) is 4.79 Å². The predicted octanol–water partition coefficient (Wildman–Crippen LogP) is 2.40. The highest BCUT2D eigenvalue weighted by Gasteiger charge is 2.36. The Morgan fingerprint density at radius 2 is 2.21 bits per heavy atom. The fourth-order valence-corrected chi connectivity index (χ4v) is 2.96. The third-order valence-corrected chi connectivity index (χ3v) is 3.87. The van der Waals surface area contributed by atoms with Gasteiger partial charge in [0, 0.05) is 11.6 Å². The Bertz CT molecular complexity index is 474. The number of ether oxygens (including phenoxy) is 2. The molecular weight excluding hydrogens is 242 g/mol. The van der Waals surface area contributed by atoms with E-state index in [1.807, 2.05) is 18.2 Å². The molecule has 1 aliphatic carbocycles. The third-order valence-electron chi connectivity index (χ3n) is 3.87. The summed E-state index contributed by atoms with van der Waals surface area (Å²) in [5.74, 6) is -0.279. The molecule has 4 nitrogen and oxygen atoms in total. The molecule has 3 rings (SSSR count). The van der Waals surface area contributed by atoms with Crippen molar-refractivity contribution in [3.05, 3.63) is 35.4 Å². The number of rotatable bonds is 4. The first kappa shape index (κ1) is 12.6. The summed E-state index contributed by atoms with van der Waals surface area (Å²) in [4.78, 5) is 11.7. The quantitative estimate of drug-likeness (QED) is 0.845. The van der Waals surface area contributed by atoms with Crippen molar-refractivity contribution >= 4 is 5.97 Å². The van der Waals surface area contributed by atoms with E-state index < -0.39 is 6.29 Å². The van der Waals surface area contributed by atoms with Crippen molar-refractivity contribution in [1.82, 2.24) is 5.32 Å². The van der Waals surface area contributed by atoms with E-state index in [2.05, 4.69) is 12.2 Å². The van der Waals surface area contributed by atoms with Gasteiger partial charge in [-0.3, -0.25) is 0 Å². The van der Waals surface area contributed by atoms with Gasteiger partial charge in [-0.25, -0.2) is 4.79 Å². The standard InChI is InChI=1S/C15H19NO3/c1-2-16-12-8-5-9-13(12)18-15-11-7-4-3-6-10(11)14(17)19-15/h3-4,6-7,12-13,15-16H,2,5,8-9H2,1H3/t12-,13-,15?/m0/s1. The molecule has 1 fully saturated rings. The number of carbonyl (C=O) groups is 1. The van der Waals surface area contributed by atoms with E-state index in [1.54, 1.807) is 6.07 Å². The lowest BCUT2D eigenvalue weighted by Gasteiger charge is -2.24. The van der Waals surface area contributed by atoms with Crippen molar-refractivity contribution in [2.75, 3.05) is 6.54 Å². The van der Waals surface area contributed by atoms with Crippen LogP contribution < -0.4 is 5.32 Å². The molecule has 1 heterocycles. The summed E-state index contributed by atoms with van der Waals surface area (Å²) in [5.41, 5.74) is 1.49. The number of benzene rings is 1. The zero-order chi connectivity index (χ0) is 13.2. The Morgan fingerprint density at radius 1 is 1.37 bits per heavy atom. The third kappa shape index (κ3) is 2.38. The summed E-state index contributed by atoms with van der Waals surface area (Å²) in [6, 6.07) is 7.82. The summed E-state index contributed by atoms with van der Waals surface area (Å²) in [5, 5.41) is 3.44. The molecule has 19 heavy (non-hydrogen) atoms. The molecule has 3 atom stereocenters. The van der Waals surface area contributed by atoms with Gasteiger partial charge in [0.05, 0.1) is 11.7 Å². The largest absolute Gasteiger partial charge is 0.428 e. The minimum absolute atomic E-state index is 0.129. The number of likely N-dealkylation sites (N-methyl/N-ethyl adjacent to an activating group) is 1. The monoisotopic (exact) mass is 261 g/mol. The van der Waals surface area contributed by atoms with E-state index >= 15 is 0 Å². The van der Waals surface area contributed by atoms with E-state index in [0.29, 0.717) is 11.6 Å². The smallest absolute Gasteiger partial charge is 0.341 e. The van der Waals surface area contributed by atoms with Crippen LogP contribution in [-0.4, -0.2) is 24.7 Å². The molecule has 0 amide bonds. The van der Waals surface area contributed by atoms with Gasteiger partial charge in [-0.05, 0) is 31.9 Å². The summed E-state index contributed by atoms with van der Waals surface area (Å²) in [6.07, 6.45) is 2.90. The highest BCUT2D eigenvalue weighted by Crippen LogP contribution is 2.35. The SMILES string of the molecule is CCN[C@H]1CCC[C@@H]1OC1OC(=O)c2ccccc21. The van der Waals surface area contributed by atoms with E-state index in [4.69, 9.17) is 9.47 Å². The van der Waals surface area contributed by atoms with Crippen LogP contribution in [0, 0.1) is 0 Å². The fourth-order valence-electron chi connectivity index (χ4n) is 2.96. The number of cyclic esters (lactones) is 1. The second-order valence-electron chi connectivity index (χ2n) is 5.09. The normalized spacial score (nSPS) is 29.3. The van der Waals surface area contributed by atoms with Gasteiger partial charge in [-0.15, -0.1) is 0 Å². The Balaban J connectivity index is 1.73. The molecule has 1 aliphatic heterocycles. The maximum atomic E-state index is 11.7. The molecule has 1 N–H and O–H groups in total. The summed E-state index contributed by atoms with van der Waals surface area (Å²) in [7, 11) is 0. The van der Waals surface area contributed by atoms with Gasteiger partial charge >= 0.3 is 5.97 Å². The summed E-state index contributed by atoms with van der Waals surface area (Å²) < 4.78 is 11.4. The zero-order valence-corrected chi connectivity index (χ0v) is 11.1. The van der Waals surface area contributed by atoms with Crippen LogP contribution in [0.4, 0.5) is 0 Å². The summed E-state index contributed by atoms with van der Waals surface area (Å²) in [6.45, 7) is 3.03. The number of carbonyl (C=O) groups excluding carboxylic acids is 1. The van der Waals surface area contributed by atoms with Crippen LogP contribution in [0.1, 0.15) is 48.4 Å². The van der Waals surface area contributed by atoms with E-state index in [-0.39, 0.29) is 12.1 Å². The van der Waals surface area contributed by atoms with Crippen molar-refractivity contribution in [2.24, 2.45) is 0 Å². The number of hydrogen-bond donors (Lipinski definition) is 1. The van der Waals surface area contributed by atoms with Crippen LogP contribution in [0.5, 0.6) is 0 Å². The average molecular weight is 261 g/mol. The molecule has 1 unspecified atom stereocenters. The van der Waals surface area contributed by atoms with Gasteiger partial charge in [-0.1, -0.05) is 25.1 Å². The van der Waals surface area contributed by atoms with Crippen molar-refractivity contribution in [1.29, 1.82) is 0 Å². The summed E-state index contributed by atoms with van der Waals surface area (Å²) >= 11 is 0. The van der Waals surface area contributed by atoms with Gasteiger partial charge in [0.1, 0.15) is 0 Å². The second kappa shape index (κ2) is 5.31. The van der Waals surface area contributed by atoms with E-state index in [1.165, 1.54) is 0 Å². The molecule has 2 aliphatic rings. The molecule has 4 heteroatoms. The van der Waals surface area contributed by atoms with Gasteiger partial charge in [0.2, 0.25) is 6.29 Å². The molecule has 1 aromatic carbocycles. The van der Waals surface area contributed by atoms with E-state index in [0.717, 1.165) is 31.4 Å². The first-order chi connectivity index (χ1) is 9.29. The topological polar surface area (TPSA) is 47.6 Å². The van der Waals surface area contributed by atoms with Crippen LogP contribution in [0.25, 0.3) is 0 Å². The number of fused-ring (bicyclic) bond motifs is 1. The Kier molecular flexibility index (Phi) is 3.53. The first-order valence-corrected chi connectivity index (χ1v) is 6.98. The number of nitrogens with one attached hydrogen (secondary N) is 1. The minimum atomic E-state index is -0.534. The molecule has 0 saturated heterocycles. The molecule has 0 spiro atoms. The Hall–Kier alpha value is -1.39. The Morgan fingerprint density at radius 3 is 3.05 bits per heavy atom. The lowest BCUT2D eigenvalue weighted by atomic mass is 10.1. The van der Waals surface area contributed by atoms with Crippen molar-refractivity contribution in [3.8, 4) is 0 Å². The Labute approximate surface area is 113 Å². The molecule has 1 saturated carbocycles. The number of hydrogen-bond acceptors (Lipinski definition) is 4. The highest BCUT2D eigenvalue weighted by molar-refractivity contribution is 5.93. The van der Waals surface area contributed by atoms with Gasteiger partial charge < -0.3 is 14.8 Å². The maximum absolute atomic E-state index is 11.7. The van der Waals surface area contributed by atoms with Gasteiger partial charge in [0.25, 0.3) is 0 Å². The van der Waals surface area contributed by atoms with Crippen LogP contribution >= 0.6 is 0 Å². The maximum Gasteiger partial charge on any atom is 0.341 e. The van der Waals surface area contributed by atoms with Crippen molar-refractivity contribution in [3.63, 3.8) is 0 Å². The number of esters is 1. The molecule has 0 aromatic heterocycles. The second-order valence-corrected chi connectivity index (χ2v) is 5.09.